The minimum absolute atomic E-state index is 0. The highest BCUT2D eigenvalue weighted by Crippen LogP contribution is 2.17. The van der Waals surface area contributed by atoms with E-state index in [1.54, 1.807) is 31.3 Å². The summed E-state index contributed by atoms with van der Waals surface area (Å²) in [4.78, 5) is 12.4. The van der Waals surface area contributed by atoms with Gasteiger partial charge in [-0.05, 0) is 57.5 Å². The molecule has 25 heavy (non-hydrogen) atoms. The van der Waals surface area contributed by atoms with Crippen LogP contribution in [0.2, 0.25) is 0 Å². The van der Waals surface area contributed by atoms with Crippen molar-refractivity contribution in [1.29, 1.82) is 0 Å². The number of amides is 1. The van der Waals surface area contributed by atoms with E-state index in [0.29, 0.717) is 6.54 Å². The quantitative estimate of drug-likeness (QED) is 0.777. The molecule has 1 saturated heterocycles. The van der Waals surface area contributed by atoms with Gasteiger partial charge in [-0.2, -0.15) is 4.31 Å². The Morgan fingerprint density at radius 3 is 2.32 bits per heavy atom. The summed E-state index contributed by atoms with van der Waals surface area (Å²) in [5, 5.41) is 6.18. The molecule has 142 valence electrons. The third kappa shape index (κ3) is 5.67. The number of piperidine rings is 1. The van der Waals surface area contributed by atoms with Crippen molar-refractivity contribution >= 4 is 28.3 Å². The first-order valence-electron chi connectivity index (χ1n) is 8.38. The first-order valence-corrected chi connectivity index (χ1v) is 9.82. The summed E-state index contributed by atoms with van der Waals surface area (Å²) < 4.78 is 26.2. The van der Waals surface area contributed by atoms with Crippen molar-refractivity contribution in [3.63, 3.8) is 0 Å². The van der Waals surface area contributed by atoms with Gasteiger partial charge in [0.05, 0.1) is 4.90 Å². The topological polar surface area (TPSA) is 78.5 Å². The molecule has 0 atom stereocenters. The fraction of sp³-hybridized carbons (Fsp3) is 0.588. The van der Waals surface area contributed by atoms with Gasteiger partial charge in [0.2, 0.25) is 15.9 Å². The summed E-state index contributed by atoms with van der Waals surface area (Å²) in [7, 11) is -1.89. The lowest BCUT2D eigenvalue weighted by atomic mass is 9.97. The molecule has 0 radical (unpaired) electrons. The van der Waals surface area contributed by atoms with Crippen LogP contribution in [0.15, 0.2) is 29.2 Å². The molecule has 2 N–H and O–H groups in total. The van der Waals surface area contributed by atoms with E-state index in [4.69, 9.17) is 0 Å². The van der Waals surface area contributed by atoms with Crippen molar-refractivity contribution < 1.29 is 13.2 Å². The number of carbonyl (C=O) groups is 1. The van der Waals surface area contributed by atoms with Gasteiger partial charge >= 0.3 is 0 Å². The largest absolute Gasteiger partial charge is 0.352 e. The molecule has 1 aromatic rings. The summed E-state index contributed by atoms with van der Waals surface area (Å²) in [5.41, 5.74) is 0.892. The number of benzene rings is 1. The van der Waals surface area contributed by atoms with Crippen LogP contribution in [0, 0.1) is 5.92 Å². The summed E-state index contributed by atoms with van der Waals surface area (Å²) in [6, 6.07) is 6.60. The van der Waals surface area contributed by atoms with Crippen LogP contribution >= 0.6 is 12.4 Å². The molecule has 8 heteroatoms. The molecule has 2 rings (SSSR count). The van der Waals surface area contributed by atoms with Crippen LogP contribution < -0.4 is 10.6 Å². The Hall–Kier alpha value is -1.15. The van der Waals surface area contributed by atoms with Crippen LogP contribution in [0.5, 0.6) is 0 Å². The van der Waals surface area contributed by atoms with Crippen molar-refractivity contribution in [2.45, 2.75) is 44.2 Å². The summed E-state index contributed by atoms with van der Waals surface area (Å²) in [6.45, 7) is 5.86. The second-order valence-corrected chi connectivity index (χ2v) is 8.50. The number of carbonyl (C=O) groups excluding carboxylic acids is 1. The van der Waals surface area contributed by atoms with Crippen LogP contribution in [0.1, 0.15) is 32.3 Å². The maximum atomic E-state index is 12.4. The highest BCUT2D eigenvalue weighted by atomic mass is 35.5. The Labute approximate surface area is 156 Å². The molecule has 1 aliphatic rings. The Bertz CT molecular complexity index is 656. The van der Waals surface area contributed by atoms with Crippen molar-refractivity contribution in [2.24, 2.45) is 5.92 Å². The Morgan fingerprint density at radius 2 is 1.80 bits per heavy atom. The zero-order valence-electron chi connectivity index (χ0n) is 15.0. The number of rotatable bonds is 6. The lowest BCUT2D eigenvalue weighted by Crippen LogP contribution is -2.37. The number of nitrogens with zero attached hydrogens (tertiary/aromatic N) is 1. The molecule has 1 heterocycles. The Morgan fingerprint density at radius 1 is 1.24 bits per heavy atom. The van der Waals surface area contributed by atoms with Crippen molar-refractivity contribution in [3.05, 3.63) is 29.8 Å². The first-order chi connectivity index (χ1) is 11.3. The molecular weight excluding hydrogens is 362 g/mol. The minimum Gasteiger partial charge on any atom is -0.352 e. The van der Waals surface area contributed by atoms with E-state index >= 15 is 0 Å². The van der Waals surface area contributed by atoms with Crippen LogP contribution in [0.25, 0.3) is 0 Å². The van der Waals surface area contributed by atoms with E-state index in [0.717, 1.165) is 31.5 Å². The predicted molar refractivity (Wildman–Crippen MR) is 101 cm³/mol. The van der Waals surface area contributed by atoms with E-state index in [1.807, 2.05) is 13.8 Å². The Balaban J connectivity index is 0.00000312. The molecule has 6 nitrogen and oxygen atoms in total. The first kappa shape index (κ1) is 21.9. The molecule has 0 saturated carbocycles. The second-order valence-electron chi connectivity index (χ2n) is 6.50. The standard InChI is InChI=1S/C17H27N3O3S.ClH/c1-13(2)20(3)24(22,23)16-6-4-14(5-7-16)12-19-17(21)15-8-10-18-11-9-15;/h4-7,13,15,18H,8-12H2,1-3H3,(H,19,21);1H. The van der Waals surface area contributed by atoms with Gasteiger partial charge in [0.1, 0.15) is 0 Å². The molecule has 1 aromatic carbocycles. The third-order valence-corrected chi connectivity index (χ3v) is 6.55. The van der Waals surface area contributed by atoms with Crippen LogP contribution in [-0.2, 0) is 21.4 Å². The molecule has 0 bridgehead atoms. The van der Waals surface area contributed by atoms with Crippen LogP contribution in [0.3, 0.4) is 0 Å². The van der Waals surface area contributed by atoms with E-state index in [1.165, 1.54) is 4.31 Å². The number of hydrogen-bond acceptors (Lipinski definition) is 4. The molecule has 0 unspecified atom stereocenters. The highest BCUT2D eigenvalue weighted by molar-refractivity contribution is 7.89. The van der Waals surface area contributed by atoms with Gasteiger partial charge in [-0.15, -0.1) is 12.4 Å². The molecular formula is C17H28ClN3O3S. The lowest BCUT2D eigenvalue weighted by Gasteiger charge is -2.22. The number of sulfonamides is 1. The normalized spacial score (nSPS) is 15.9. The molecule has 1 aliphatic heterocycles. The molecule has 0 aromatic heterocycles. The lowest BCUT2D eigenvalue weighted by molar-refractivity contribution is -0.125. The van der Waals surface area contributed by atoms with Crippen molar-refractivity contribution in [1.82, 2.24) is 14.9 Å². The van der Waals surface area contributed by atoms with Gasteiger partial charge in [0, 0.05) is 25.6 Å². The van der Waals surface area contributed by atoms with Crippen molar-refractivity contribution in [3.8, 4) is 0 Å². The van der Waals surface area contributed by atoms with Crippen LogP contribution in [-0.4, -0.2) is 44.8 Å². The molecule has 1 amide bonds. The number of hydrogen-bond donors (Lipinski definition) is 2. The third-order valence-electron chi connectivity index (χ3n) is 4.50. The van der Waals surface area contributed by atoms with Gasteiger partial charge in [-0.3, -0.25) is 4.79 Å². The van der Waals surface area contributed by atoms with Gasteiger partial charge in [-0.1, -0.05) is 12.1 Å². The van der Waals surface area contributed by atoms with E-state index < -0.39 is 10.0 Å². The molecule has 0 spiro atoms. The maximum absolute atomic E-state index is 12.4. The highest BCUT2D eigenvalue weighted by Gasteiger charge is 2.23. The minimum atomic E-state index is -3.46. The van der Waals surface area contributed by atoms with Crippen LogP contribution in [0.4, 0.5) is 0 Å². The molecule has 1 fully saturated rings. The van der Waals surface area contributed by atoms with E-state index in [2.05, 4.69) is 10.6 Å². The summed E-state index contributed by atoms with van der Waals surface area (Å²) in [5.74, 6) is 0.151. The summed E-state index contributed by atoms with van der Waals surface area (Å²) >= 11 is 0. The smallest absolute Gasteiger partial charge is 0.243 e. The maximum Gasteiger partial charge on any atom is 0.243 e. The number of nitrogens with one attached hydrogen (secondary N) is 2. The van der Waals surface area contributed by atoms with Gasteiger partial charge < -0.3 is 10.6 Å². The monoisotopic (exact) mass is 389 g/mol. The average molecular weight is 390 g/mol. The predicted octanol–water partition coefficient (Wildman–Crippen LogP) is 1.75. The fourth-order valence-corrected chi connectivity index (χ4v) is 4.01. The Kier molecular flexibility index (Phi) is 8.34. The van der Waals surface area contributed by atoms with E-state index in [9.17, 15) is 13.2 Å². The zero-order valence-corrected chi connectivity index (χ0v) is 16.6. The zero-order chi connectivity index (χ0) is 17.7. The molecule has 0 aliphatic carbocycles. The average Bonchev–Trinajstić information content (AvgIpc) is 2.60. The van der Waals surface area contributed by atoms with Gasteiger partial charge in [-0.25, -0.2) is 8.42 Å². The fourth-order valence-electron chi connectivity index (χ4n) is 2.64. The van der Waals surface area contributed by atoms with Gasteiger partial charge in [0.25, 0.3) is 0 Å². The second kappa shape index (κ2) is 9.52. The van der Waals surface area contributed by atoms with Crippen molar-refractivity contribution in [2.75, 3.05) is 20.1 Å². The SMILES string of the molecule is CC(C)N(C)S(=O)(=O)c1ccc(CNC(=O)C2CCNCC2)cc1.Cl. The van der Waals surface area contributed by atoms with E-state index in [-0.39, 0.29) is 35.2 Å². The summed E-state index contributed by atoms with van der Waals surface area (Å²) in [6.07, 6.45) is 1.73. The number of halogens is 1. The van der Waals surface area contributed by atoms with Gasteiger partial charge in [0.15, 0.2) is 0 Å².